The fourth-order valence-corrected chi connectivity index (χ4v) is 2.05. The molecule has 3 heteroatoms. The summed E-state index contributed by atoms with van der Waals surface area (Å²) in [5.74, 6) is 0.808. The van der Waals surface area contributed by atoms with Gasteiger partial charge in [-0.25, -0.2) is 0 Å². The number of nitrogens with one attached hydrogen (secondary N) is 1. The monoisotopic (exact) mass is 239 g/mol. The highest BCUT2D eigenvalue weighted by molar-refractivity contribution is 6.04. The summed E-state index contributed by atoms with van der Waals surface area (Å²) >= 11 is 0. The van der Waals surface area contributed by atoms with Crippen molar-refractivity contribution in [3.8, 4) is 5.75 Å². The van der Waals surface area contributed by atoms with E-state index in [1.54, 1.807) is 6.07 Å². The second kappa shape index (κ2) is 4.53. The molecule has 1 N–H and O–H groups in total. The Hall–Kier alpha value is -2.29. The lowest BCUT2D eigenvalue weighted by Crippen LogP contribution is -2.11. The normalized spacial score (nSPS) is 12.7. The van der Waals surface area contributed by atoms with Crippen LogP contribution in [0.2, 0.25) is 0 Å². The number of benzene rings is 2. The lowest BCUT2D eigenvalue weighted by molar-refractivity contribution is 0.102. The molecule has 1 aliphatic heterocycles. The minimum absolute atomic E-state index is 0.0871. The molecule has 2 aromatic rings. The van der Waals surface area contributed by atoms with Gasteiger partial charge in [-0.15, -0.1) is 0 Å². The molecule has 0 aromatic heterocycles. The molecule has 1 amide bonds. The number of hydrogen-bond donors (Lipinski definition) is 1. The third-order valence-corrected chi connectivity index (χ3v) is 2.98. The average molecular weight is 239 g/mol. The van der Waals surface area contributed by atoms with E-state index >= 15 is 0 Å². The number of anilines is 1. The highest BCUT2D eigenvalue weighted by Crippen LogP contribution is 2.26. The van der Waals surface area contributed by atoms with E-state index in [-0.39, 0.29) is 5.91 Å². The van der Waals surface area contributed by atoms with Crippen LogP contribution in [0.5, 0.6) is 5.75 Å². The van der Waals surface area contributed by atoms with E-state index in [2.05, 4.69) is 5.32 Å². The number of para-hydroxylation sites is 1. The van der Waals surface area contributed by atoms with Crippen LogP contribution in [0.1, 0.15) is 15.9 Å². The van der Waals surface area contributed by atoms with Gasteiger partial charge in [-0.1, -0.05) is 18.2 Å². The zero-order chi connectivity index (χ0) is 12.4. The van der Waals surface area contributed by atoms with Crippen molar-refractivity contribution in [3.63, 3.8) is 0 Å². The SMILES string of the molecule is O=C(Nc1ccccc1)c1ccc2c(c1)CCO2. The van der Waals surface area contributed by atoms with Gasteiger partial charge in [0.2, 0.25) is 0 Å². The van der Waals surface area contributed by atoms with E-state index in [9.17, 15) is 4.79 Å². The van der Waals surface area contributed by atoms with Crippen molar-refractivity contribution in [2.24, 2.45) is 0 Å². The second-order valence-corrected chi connectivity index (χ2v) is 4.24. The van der Waals surface area contributed by atoms with Crippen LogP contribution < -0.4 is 10.1 Å². The van der Waals surface area contributed by atoms with Crippen molar-refractivity contribution in [2.45, 2.75) is 6.42 Å². The van der Waals surface area contributed by atoms with Gasteiger partial charge < -0.3 is 10.1 Å². The van der Waals surface area contributed by atoms with E-state index in [1.807, 2.05) is 42.5 Å². The van der Waals surface area contributed by atoms with Crippen LogP contribution >= 0.6 is 0 Å². The number of carbonyl (C=O) groups is 1. The summed E-state index contributed by atoms with van der Waals surface area (Å²) in [6.45, 7) is 0.707. The smallest absolute Gasteiger partial charge is 0.255 e. The first-order valence-electron chi connectivity index (χ1n) is 5.95. The minimum Gasteiger partial charge on any atom is -0.493 e. The molecule has 3 rings (SSSR count). The van der Waals surface area contributed by atoms with Crippen molar-refractivity contribution in [3.05, 3.63) is 59.7 Å². The molecule has 0 saturated heterocycles. The van der Waals surface area contributed by atoms with Gasteiger partial charge in [0.05, 0.1) is 6.61 Å². The minimum atomic E-state index is -0.0871. The molecule has 0 atom stereocenters. The Kier molecular flexibility index (Phi) is 2.73. The second-order valence-electron chi connectivity index (χ2n) is 4.24. The first-order valence-corrected chi connectivity index (χ1v) is 5.95. The number of rotatable bonds is 2. The van der Waals surface area contributed by atoms with Crippen LogP contribution in [-0.2, 0) is 6.42 Å². The fourth-order valence-electron chi connectivity index (χ4n) is 2.05. The summed E-state index contributed by atoms with van der Waals surface area (Å²) < 4.78 is 5.42. The molecule has 1 heterocycles. The Labute approximate surface area is 105 Å². The van der Waals surface area contributed by atoms with Gasteiger partial charge >= 0.3 is 0 Å². The van der Waals surface area contributed by atoms with E-state index in [0.717, 1.165) is 23.4 Å². The standard InChI is InChI=1S/C15H13NO2/c17-15(16-13-4-2-1-3-5-13)12-6-7-14-11(10-12)8-9-18-14/h1-7,10H,8-9H2,(H,16,17). The van der Waals surface area contributed by atoms with Crippen LogP contribution in [0.25, 0.3) is 0 Å². The van der Waals surface area contributed by atoms with E-state index in [1.165, 1.54) is 0 Å². The highest BCUT2D eigenvalue weighted by atomic mass is 16.5. The van der Waals surface area contributed by atoms with E-state index < -0.39 is 0 Å². The lowest BCUT2D eigenvalue weighted by atomic mass is 10.1. The van der Waals surface area contributed by atoms with E-state index in [4.69, 9.17) is 4.74 Å². The molecule has 0 unspecified atom stereocenters. The van der Waals surface area contributed by atoms with Gasteiger partial charge in [-0.3, -0.25) is 4.79 Å². The molecular formula is C15H13NO2. The molecule has 90 valence electrons. The fraction of sp³-hybridized carbons (Fsp3) is 0.133. The summed E-state index contributed by atoms with van der Waals surface area (Å²) in [7, 11) is 0. The predicted molar refractivity (Wildman–Crippen MR) is 70.0 cm³/mol. The predicted octanol–water partition coefficient (Wildman–Crippen LogP) is 2.87. The molecular weight excluding hydrogens is 226 g/mol. The Morgan fingerprint density at radius 3 is 2.78 bits per heavy atom. The third kappa shape index (κ3) is 2.07. The number of hydrogen-bond acceptors (Lipinski definition) is 2. The Morgan fingerprint density at radius 1 is 1.11 bits per heavy atom. The van der Waals surface area contributed by atoms with Gasteiger partial charge in [-0.2, -0.15) is 0 Å². The van der Waals surface area contributed by atoms with Crippen LogP contribution in [-0.4, -0.2) is 12.5 Å². The van der Waals surface area contributed by atoms with Crippen LogP contribution in [0.15, 0.2) is 48.5 Å². The quantitative estimate of drug-likeness (QED) is 0.875. The van der Waals surface area contributed by atoms with Crippen LogP contribution in [0.3, 0.4) is 0 Å². The first kappa shape index (κ1) is 10.8. The number of fused-ring (bicyclic) bond motifs is 1. The maximum Gasteiger partial charge on any atom is 0.255 e. The Balaban J connectivity index is 1.81. The first-order chi connectivity index (χ1) is 8.83. The summed E-state index contributed by atoms with van der Waals surface area (Å²) in [5, 5.41) is 2.87. The lowest BCUT2D eigenvalue weighted by Gasteiger charge is -2.06. The van der Waals surface area contributed by atoms with E-state index in [0.29, 0.717) is 12.2 Å². The maximum atomic E-state index is 12.1. The number of amides is 1. The van der Waals surface area contributed by atoms with Gasteiger partial charge in [-0.05, 0) is 35.9 Å². The third-order valence-electron chi connectivity index (χ3n) is 2.98. The average Bonchev–Trinajstić information content (AvgIpc) is 2.87. The molecule has 3 nitrogen and oxygen atoms in total. The molecule has 0 fully saturated rings. The molecule has 2 aromatic carbocycles. The zero-order valence-electron chi connectivity index (χ0n) is 9.85. The molecule has 0 bridgehead atoms. The Morgan fingerprint density at radius 2 is 1.94 bits per heavy atom. The van der Waals surface area contributed by atoms with Gasteiger partial charge in [0.25, 0.3) is 5.91 Å². The molecule has 0 spiro atoms. The molecule has 1 aliphatic rings. The van der Waals surface area contributed by atoms with Crippen molar-refractivity contribution < 1.29 is 9.53 Å². The summed E-state index contributed by atoms with van der Waals surface area (Å²) in [4.78, 5) is 12.1. The van der Waals surface area contributed by atoms with Gasteiger partial charge in [0.1, 0.15) is 5.75 Å². The number of carbonyl (C=O) groups excluding carboxylic acids is 1. The van der Waals surface area contributed by atoms with Crippen LogP contribution in [0, 0.1) is 0 Å². The van der Waals surface area contributed by atoms with Gasteiger partial charge in [0.15, 0.2) is 0 Å². The number of ether oxygens (including phenoxy) is 1. The molecule has 18 heavy (non-hydrogen) atoms. The van der Waals surface area contributed by atoms with Crippen molar-refractivity contribution in [1.82, 2.24) is 0 Å². The Bertz CT molecular complexity index is 578. The molecule has 0 aliphatic carbocycles. The molecule has 0 saturated carbocycles. The summed E-state index contributed by atoms with van der Waals surface area (Å²) in [6.07, 6.45) is 0.877. The summed E-state index contributed by atoms with van der Waals surface area (Å²) in [6, 6.07) is 15.0. The van der Waals surface area contributed by atoms with Gasteiger partial charge in [0, 0.05) is 17.7 Å². The van der Waals surface area contributed by atoms with Crippen molar-refractivity contribution in [2.75, 3.05) is 11.9 Å². The summed E-state index contributed by atoms with van der Waals surface area (Å²) in [5.41, 5.74) is 2.58. The molecule has 0 radical (unpaired) electrons. The maximum absolute atomic E-state index is 12.1. The topological polar surface area (TPSA) is 38.3 Å². The van der Waals surface area contributed by atoms with Crippen molar-refractivity contribution in [1.29, 1.82) is 0 Å². The zero-order valence-corrected chi connectivity index (χ0v) is 9.85. The van der Waals surface area contributed by atoms with Crippen LogP contribution in [0.4, 0.5) is 5.69 Å². The highest BCUT2D eigenvalue weighted by Gasteiger charge is 2.14. The van der Waals surface area contributed by atoms with Crippen molar-refractivity contribution >= 4 is 11.6 Å². The largest absolute Gasteiger partial charge is 0.493 e.